The van der Waals surface area contributed by atoms with Crippen LogP contribution in [0.1, 0.15) is 39.5 Å². The number of carbonyl (C=O) groups is 1. The third kappa shape index (κ3) is 5.20. The molecule has 6 heteroatoms. The van der Waals surface area contributed by atoms with E-state index in [-0.39, 0.29) is 17.8 Å². The highest BCUT2D eigenvalue weighted by Gasteiger charge is 2.29. The molecule has 1 rings (SSSR count). The highest BCUT2D eigenvalue weighted by Crippen LogP contribution is 2.22. The van der Waals surface area contributed by atoms with Gasteiger partial charge in [0.2, 0.25) is 10.0 Å². The summed E-state index contributed by atoms with van der Waals surface area (Å²) in [4.78, 5) is 12.1. The van der Waals surface area contributed by atoms with Crippen molar-refractivity contribution < 1.29 is 17.9 Å². The number of hydrogen-bond donors (Lipinski definition) is 0. The molecule has 0 aromatic rings. The molecule has 0 spiro atoms. The van der Waals surface area contributed by atoms with Crippen molar-refractivity contribution in [2.45, 2.75) is 45.6 Å². The van der Waals surface area contributed by atoms with E-state index in [1.54, 1.807) is 0 Å². The van der Waals surface area contributed by atoms with Crippen LogP contribution in [-0.4, -0.2) is 50.6 Å². The Labute approximate surface area is 116 Å². The molecule has 0 radical (unpaired) electrons. The van der Waals surface area contributed by atoms with E-state index in [2.05, 4.69) is 0 Å². The molecule has 0 aliphatic carbocycles. The molecule has 5 nitrogen and oxygen atoms in total. The maximum absolute atomic E-state index is 12.1. The van der Waals surface area contributed by atoms with Crippen LogP contribution in [-0.2, 0) is 19.6 Å². The monoisotopic (exact) mass is 291 g/mol. The van der Waals surface area contributed by atoms with E-state index >= 15 is 0 Å². The number of sulfonamides is 1. The summed E-state index contributed by atoms with van der Waals surface area (Å²) in [5, 5.41) is 0. The van der Waals surface area contributed by atoms with Crippen molar-refractivity contribution in [3.05, 3.63) is 0 Å². The molecule has 1 aliphatic heterocycles. The van der Waals surface area contributed by atoms with Crippen molar-refractivity contribution in [2.24, 2.45) is 5.92 Å². The Balaban J connectivity index is 2.54. The Morgan fingerprint density at radius 3 is 2.63 bits per heavy atom. The molecule has 1 fully saturated rings. The highest BCUT2D eigenvalue weighted by atomic mass is 32.2. The zero-order valence-electron chi connectivity index (χ0n) is 12.1. The number of carbonyl (C=O) groups excluding carboxylic acids is 1. The zero-order valence-corrected chi connectivity index (χ0v) is 12.9. The van der Waals surface area contributed by atoms with Gasteiger partial charge in [-0.1, -0.05) is 6.92 Å². The van der Waals surface area contributed by atoms with Crippen molar-refractivity contribution >= 4 is 15.8 Å². The minimum atomic E-state index is -3.14. The first kappa shape index (κ1) is 16.6. The second kappa shape index (κ2) is 7.36. The van der Waals surface area contributed by atoms with Crippen molar-refractivity contribution in [1.29, 1.82) is 0 Å². The van der Waals surface area contributed by atoms with Gasteiger partial charge in [0.15, 0.2) is 5.78 Å². The fourth-order valence-electron chi connectivity index (χ4n) is 2.55. The molecule has 1 saturated heterocycles. The zero-order chi connectivity index (χ0) is 14.5. The quantitative estimate of drug-likeness (QED) is 0.712. The molecule has 0 bridgehead atoms. The van der Waals surface area contributed by atoms with E-state index in [0.29, 0.717) is 32.5 Å². The van der Waals surface area contributed by atoms with Crippen LogP contribution in [0.5, 0.6) is 0 Å². The Bertz CT molecular complexity index is 393. The van der Waals surface area contributed by atoms with Gasteiger partial charge in [0.05, 0.1) is 6.26 Å². The molecule has 1 aliphatic rings. The largest absolute Gasteiger partial charge is 0.371 e. The van der Waals surface area contributed by atoms with E-state index in [0.717, 1.165) is 12.8 Å². The SMILES string of the molecule is CCOC(CC)C(=O)CC1CCCN(S(C)(=O)=O)C1. The molecule has 2 unspecified atom stereocenters. The number of hydrogen-bond acceptors (Lipinski definition) is 4. The molecule has 0 aromatic carbocycles. The normalized spacial score (nSPS) is 23.2. The average Bonchev–Trinajstić information content (AvgIpc) is 2.35. The number of nitrogens with zero attached hydrogens (tertiary/aromatic N) is 1. The van der Waals surface area contributed by atoms with Crippen LogP contribution in [0.15, 0.2) is 0 Å². The van der Waals surface area contributed by atoms with Crippen LogP contribution >= 0.6 is 0 Å². The standard InChI is InChI=1S/C13H25NO4S/c1-4-13(18-5-2)12(15)9-11-7-6-8-14(10-11)19(3,16)17/h11,13H,4-10H2,1-3H3. The Hall–Kier alpha value is -0.460. The van der Waals surface area contributed by atoms with E-state index in [1.165, 1.54) is 10.6 Å². The summed E-state index contributed by atoms with van der Waals surface area (Å²) in [5.41, 5.74) is 0. The number of ketones is 1. The van der Waals surface area contributed by atoms with Crippen molar-refractivity contribution in [2.75, 3.05) is 26.0 Å². The molecule has 2 atom stereocenters. The lowest BCUT2D eigenvalue weighted by atomic mass is 9.92. The summed E-state index contributed by atoms with van der Waals surface area (Å²) in [6.45, 7) is 5.38. The summed E-state index contributed by atoms with van der Waals surface area (Å²) < 4.78 is 29.9. The number of piperidine rings is 1. The fourth-order valence-corrected chi connectivity index (χ4v) is 3.49. The summed E-state index contributed by atoms with van der Waals surface area (Å²) in [6, 6.07) is 0. The molecule has 19 heavy (non-hydrogen) atoms. The van der Waals surface area contributed by atoms with Crippen LogP contribution in [0.3, 0.4) is 0 Å². The first-order chi connectivity index (χ1) is 8.88. The first-order valence-corrected chi connectivity index (χ1v) is 8.82. The summed E-state index contributed by atoms with van der Waals surface area (Å²) >= 11 is 0. The Morgan fingerprint density at radius 1 is 1.42 bits per heavy atom. The number of rotatable bonds is 7. The van der Waals surface area contributed by atoms with Gasteiger partial charge >= 0.3 is 0 Å². The first-order valence-electron chi connectivity index (χ1n) is 6.97. The van der Waals surface area contributed by atoms with Gasteiger partial charge in [-0.15, -0.1) is 0 Å². The third-order valence-corrected chi connectivity index (χ3v) is 4.81. The van der Waals surface area contributed by atoms with E-state index in [1.807, 2.05) is 13.8 Å². The molecule has 112 valence electrons. The van der Waals surface area contributed by atoms with Gasteiger partial charge in [0.1, 0.15) is 6.10 Å². The Kier molecular flexibility index (Phi) is 6.42. The second-order valence-corrected chi connectivity index (χ2v) is 7.13. The Morgan fingerprint density at radius 2 is 2.11 bits per heavy atom. The van der Waals surface area contributed by atoms with Crippen LogP contribution < -0.4 is 0 Å². The summed E-state index contributed by atoms with van der Waals surface area (Å²) in [7, 11) is -3.14. The summed E-state index contributed by atoms with van der Waals surface area (Å²) in [6.07, 6.45) is 3.74. The molecular formula is C13H25NO4S. The smallest absolute Gasteiger partial charge is 0.211 e. The lowest BCUT2D eigenvalue weighted by Gasteiger charge is -2.31. The molecular weight excluding hydrogens is 266 g/mol. The average molecular weight is 291 g/mol. The van der Waals surface area contributed by atoms with Gasteiger partial charge in [-0.05, 0) is 32.1 Å². The van der Waals surface area contributed by atoms with Gasteiger partial charge in [-0.25, -0.2) is 12.7 Å². The van der Waals surface area contributed by atoms with Crippen molar-refractivity contribution in [1.82, 2.24) is 4.31 Å². The van der Waals surface area contributed by atoms with Crippen molar-refractivity contribution in [3.63, 3.8) is 0 Å². The molecule has 1 heterocycles. The lowest BCUT2D eigenvalue weighted by Crippen LogP contribution is -2.40. The van der Waals surface area contributed by atoms with Gasteiger partial charge in [-0.2, -0.15) is 0 Å². The topological polar surface area (TPSA) is 63.7 Å². The fraction of sp³-hybridized carbons (Fsp3) is 0.923. The maximum atomic E-state index is 12.1. The lowest BCUT2D eigenvalue weighted by molar-refractivity contribution is -0.131. The summed E-state index contributed by atoms with van der Waals surface area (Å²) in [5.74, 6) is 0.232. The van der Waals surface area contributed by atoms with Crippen molar-refractivity contribution in [3.8, 4) is 0 Å². The van der Waals surface area contributed by atoms with Crippen LogP contribution in [0.4, 0.5) is 0 Å². The molecule has 0 amide bonds. The number of Topliss-reactive ketones (excluding diaryl/α,β-unsaturated/α-hetero) is 1. The minimum Gasteiger partial charge on any atom is -0.371 e. The minimum absolute atomic E-state index is 0.102. The van der Waals surface area contributed by atoms with E-state index in [9.17, 15) is 13.2 Å². The molecule has 0 saturated carbocycles. The van der Waals surface area contributed by atoms with Crippen LogP contribution in [0.25, 0.3) is 0 Å². The predicted octanol–water partition coefficient (Wildman–Crippen LogP) is 1.43. The number of ether oxygens (including phenoxy) is 1. The van der Waals surface area contributed by atoms with E-state index in [4.69, 9.17) is 4.74 Å². The maximum Gasteiger partial charge on any atom is 0.211 e. The molecule has 0 N–H and O–H groups in total. The van der Waals surface area contributed by atoms with Gasteiger partial charge < -0.3 is 4.74 Å². The van der Waals surface area contributed by atoms with Crippen LogP contribution in [0.2, 0.25) is 0 Å². The predicted molar refractivity (Wildman–Crippen MR) is 74.5 cm³/mol. The van der Waals surface area contributed by atoms with E-state index < -0.39 is 10.0 Å². The third-order valence-electron chi connectivity index (χ3n) is 3.54. The van der Waals surface area contributed by atoms with Crippen LogP contribution in [0, 0.1) is 5.92 Å². The van der Waals surface area contributed by atoms with Gasteiger partial charge in [0.25, 0.3) is 0 Å². The second-order valence-electron chi connectivity index (χ2n) is 5.15. The van der Waals surface area contributed by atoms with Gasteiger partial charge in [-0.3, -0.25) is 4.79 Å². The highest BCUT2D eigenvalue weighted by molar-refractivity contribution is 7.88. The molecule has 0 aromatic heterocycles. The van der Waals surface area contributed by atoms with Gasteiger partial charge in [0, 0.05) is 26.1 Å².